The van der Waals surface area contributed by atoms with Gasteiger partial charge in [-0.15, -0.1) is 0 Å². The lowest BCUT2D eigenvalue weighted by molar-refractivity contribution is -0.0296. The highest BCUT2D eigenvalue weighted by molar-refractivity contribution is 5.16. The van der Waals surface area contributed by atoms with Crippen LogP contribution in [-0.2, 0) is 9.47 Å². The third-order valence-electron chi connectivity index (χ3n) is 2.85. The number of allylic oxidation sites excluding steroid dienone is 4. The van der Waals surface area contributed by atoms with E-state index in [-0.39, 0.29) is 12.2 Å². The van der Waals surface area contributed by atoms with Gasteiger partial charge in [0.2, 0.25) is 0 Å². The summed E-state index contributed by atoms with van der Waals surface area (Å²) in [7, 11) is 0. The summed E-state index contributed by atoms with van der Waals surface area (Å²) in [6.07, 6.45) is 11.1. The topological polar surface area (TPSA) is 38.7 Å². The molecule has 1 N–H and O–H groups in total. The Morgan fingerprint density at radius 3 is 2.50 bits per heavy atom. The van der Waals surface area contributed by atoms with E-state index >= 15 is 0 Å². The van der Waals surface area contributed by atoms with E-state index in [2.05, 4.69) is 20.4 Å². The lowest BCUT2D eigenvalue weighted by atomic mass is 10.0. The molecule has 0 aromatic rings. The quantitative estimate of drug-likeness (QED) is 0.334. The summed E-state index contributed by atoms with van der Waals surface area (Å²) in [5.41, 5.74) is -0.150. The molecule has 0 aromatic heterocycles. The molecule has 0 aliphatic rings. The number of rotatable bonds is 12. The van der Waals surface area contributed by atoms with Gasteiger partial charge in [0.25, 0.3) is 0 Å². The van der Waals surface area contributed by atoms with E-state index in [0.29, 0.717) is 6.61 Å². The molecule has 20 heavy (non-hydrogen) atoms. The van der Waals surface area contributed by atoms with E-state index in [1.165, 1.54) is 0 Å². The SMILES string of the molecule is C=C/C=C(\C=C/C)OCCCCOC(C)(C)CCCO. The highest BCUT2D eigenvalue weighted by Gasteiger charge is 2.16. The molecule has 3 nitrogen and oxygen atoms in total. The largest absolute Gasteiger partial charge is 0.494 e. The molecule has 0 fully saturated rings. The van der Waals surface area contributed by atoms with Crippen molar-refractivity contribution in [2.75, 3.05) is 19.8 Å². The van der Waals surface area contributed by atoms with Crippen LogP contribution in [0.5, 0.6) is 0 Å². The predicted octanol–water partition coefficient (Wildman–Crippen LogP) is 4.00. The second-order valence-corrected chi connectivity index (χ2v) is 5.30. The van der Waals surface area contributed by atoms with Gasteiger partial charge in [-0.1, -0.05) is 18.7 Å². The Morgan fingerprint density at radius 1 is 1.20 bits per heavy atom. The van der Waals surface area contributed by atoms with Gasteiger partial charge in [-0.2, -0.15) is 0 Å². The normalized spacial score (nSPS) is 12.9. The predicted molar refractivity (Wildman–Crippen MR) is 84.6 cm³/mol. The summed E-state index contributed by atoms with van der Waals surface area (Å²) in [6, 6.07) is 0. The van der Waals surface area contributed by atoms with Gasteiger partial charge in [0.15, 0.2) is 0 Å². The Balaban J connectivity index is 3.71. The van der Waals surface area contributed by atoms with Crippen LogP contribution in [0.15, 0.2) is 36.6 Å². The zero-order chi connectivity index (χ0) is 15.3. The maximum Gasteiger partial charge on any atom is 0.118 e. The molecule has 0 saturated carbocycles. The zero-order valence-corrected chi connectivity index (χ0v) is 13.2. The zero-order valence-electron chi connectivity index (χ0n) is 13.2. The number of aliphatic hydroxyl groups is 1. The maximum atomic E-state index is 8.82. The molecule has 0 spiro atoms. The van der Waals surface area contributed by atoms with Gasteiger partial charge >= 0.3 is 0 Å². The fraction of sp³-hybridized carbons (Fsp3) is 0.647. The van der Waals surface area contributed by atoms with Crippen molar-refractivity contribution in [1.82, 2.24) is 0 Å². The molecule has 0 unspecified atom stereocenters. The minimum absolute atomic E-state index is 0.150. The molecule has 0 rings (SSSR count). The second kappa shape index (κ2) is 11.7. The molecule has 0 amide bonds. The van der Waals surface area contributed by atoms with E-state index in [9.17, 15) is 0 Å². The summed E-state index contributed by atoms with van der Waals surface area (Å²) < 4.78 is 11.5. The van der Waals surface area contributed by atoms with E-state index < -0.39 is 0 Å². The van der Waals surface area contributed by atoms with E-state index in [0.717, 1.165) is 38.0 Å². The fourth-order valence-electron chi connectivity index (χ4n) is 1.75. The van der Waals surface area contributed by atoms with Gasteiger partial charge in [0.1, 0.15) is 5.76 Å². The van der Waals surface area contributed by atoms with Crippen LogP contribution >= 0.6 is 0 Å². The first kappa shape index (κ1) is 18.9. The molecule has 0 aliphatic carbocycles. The smallest absolute Gasteiger partial charge is 0.118 e. The molecule has 0 aromatic carbocycles. The third-order valence-corrected chi connectivity index (χ3v) is 2.85. The monoisotopic (exact) mass is 282 g/mol. The Hall–Kier alpha value is -1.06. The molecule has 0 aliphatic heterocycles. The van der Waals surface area contributed by atoms with Crippen molar-refractivity contribution in [2.24, 2.45) is 0 Å². The first-order chi connectivity index (χ1) is 9.55. The van der Waals surface area contributed by atoms with Crippen LogP contribution in [0.3, 0.4) is 0 Å². The van der Waals surface area contributed by atoms with E-state index in [1.54, 1.807) is 6.08 Å². The van der Waals surface area contributed by atoms with Crippen molar-refractivity contribution in [2.45, 2.75) is 52.1 Å². The number of ether oxygens (including phenoxy) is 2. The Kier molecular flexibility index (Phi) is 11.1. The standard InChI is InChI=1S/C17H30O3/c1-5-10-16(11-6-2)19-14-7-8-15-20-17(3,4)12-9-13-18/h5-6,10-11,18H,1,7-9,12-15H2,2-4H3/b11-6-,16-10+. The minimum atomic E-state index is -0.150. The molecule has 0 heterocycles. The van der Waals surface area contributed by atoms with E-state index in [1.807, 2.05) is 25.2 Å². The molecular formula is C17H30O3. The molecule has 0 radical (unpaired) electrons. The van der Waals surface area contributed by atoms with Crippen LogP contribution in [-0.4, -0.2) is 30.5 Å². The van der Waals surface area contributed by atoms with Gasteiger partial charge in [0.05, 0.1) is 12.2 Å². The minimum Gasteiger partial charge on any atom is -0.494 e. The van der Waals surface area contributed by atoms with Crippen molar-refractivity contribution in [1.29, 1.82) is 0 Å². The highest BCUT2D eigenvalue weighted by Crippen LogP contribution is 2.17. The highest BCUT2D eigenvalue weighted by atomic mass is 16.5. The number of hydrogen-bond donors (Lipinski definition) is 1. The Morgan fingerprint density at radius 2 is 1.90 bits per heavy atom. The van der Waals surface area contributed by atoms with Gasteiger partial charge in [-0.3, -0.25) is 0 Å². The first-order valence-electron chi connectivity index (χ1n) is 7.38. The average molecular weight is 282 g/mol. The molecular weight excluding hydrogens is 252 g/mol. The van der Waals surface area contributed by atoms with Gasteiger partial charge in [0, 0.05) is 13.2 Å². The lowest BCUT2D eigenvalue weighted by Crippen LogP contribution is -2.25. The molecule has 3 heteroatoms. The Labute approximate surface area is 124 Å². The number of unbranched alkanes of at least 4 members (excludes halogenated alkanes) is 1. The number of aliphatic hydroxyl groups excluding tert-OH is 1. The summed E-state index contributed by atoms with van der Waals surface area (Å²) >= 11 is 0. The maximum absolute atomic E-state index is 8.82. The second-order valence-electron chi connectivity index (χ2n) is 5.30. The summed E-state index contributed by atoms with van der Waals surface area (Å²) in [4.78, 5) is 0. The van der Waals surface area contributed by atoms with Crippen molar-refractivity contribution in [3.05, 3.63) is 36.6 Å². The summed E-state index contributed by atoms with van der Waals surface area (Å²) in [6.45, 7) is 11.4. The summed E-state index contributed by atoms with van der Waals surface area (Å²) in [5.74, 6) is 0.840. The number of hydrogen-bond acceptors (Lipinski definition) is 3. The van der Waals surface area contributed by atoms with Gasteiger partial charge < -0.3 is 14.6 Å². The van der Waals surface area contributed by atoms with Crippen LogP contribution in [0.1, 0.15) is 46.5 Å². The van der Waals surface area contributed by atoms with Crippen LogP contribution in [0.25, 0.3) is 0 Å². The van der Waals surface area contributed by atoms with Crippen LogP contribution < -0.4 is 0 Å². The van der Waals surface area contributed by atoms with Gasteiger partial charge in [-0.25, -0.2) is 0 Å². The average Bonchev–Trinajstić information content (AvgIpc) is 2.41. The fourth-order valence-corrected chi connectivity index (χ4v) is 1.75. The molecule has 0 atom stereocenters. The van der Waals surface area contributed by atoms with Crippen molar-refractivity contribution < 1.29 is 14.6 Å². The van der Waals surface area contributed by atoms with E-state index in [4.69, 9.17) is 14.6 Å². The summed E-state index contributed by atoms with van der Waals surface area (Å²) in [5, 5.41) is 8.82. The van der Waals surface area contributed by atoms with Crippen LogP contribution in [0.2, 0.25) is 0 Å². The molecule has 0 bridgehead atoms. The van der Waals surface area contributed by atoms with Crippen LogP contribution in [0.4, 0.5) is 0 Å². The third kappa shape index (κ3) is 10.8. The van der Waals surface area contributed by atoms with Gasteiger partial charge in [-0.05, 0) is 58.6 Å². The first-order valence-corrected chi connectivity index (χ1v) is 7.38. The lowest BCUT2D eigenvalue weighted by Gasteiger charge is -2.25. The van der Waals surface area contributed by atoms with Crippen molar-refractivity contribution >= 4 is 0 Å². The molecule has 0 saturated heterocycles. The van der Waals surface area contributed by atoms with Crippen molar-refractivity contribution in [3.63, 3.8) is 0 Å². The molecule has 116 valence electrons. The Bertz CT molecular complexity index is 303. The van der Waals surface area contributed by atoms with Crippen LogP contribution in [0, 0.1) is 0 Å². The van der Waals surface area contributed by atoms with Crippen molar-refractivity contribution in [3.8, 4) is 0 Å².